The van der Waals surface area contributed by atoms with Crippen molar-refractivity contribution in [2.45, 2.75) is 13.3 Å². The highest BCUT2D eigenvalue weighted by Crippen LogP contribution is 2.34. The molecule has 2 aromatic carbocycles. The Kier molecular flexibility index (Phi) is 6.24. The number of halogens is 2. The van der Waals surface area contributed by atoms with Crippen LogP contribution in [-0.2, 0) is 0 Å². The van der Waals surface area contributed by atoms with Gasteiger partial charge in [0.15, 0.2) is 5.75 Å². The SMILES string of the molecule is Cc1cc(Cl)c(OCCOc2ccc(C3=CCNCC3)cc2)c(Cl)c1. The Morgan fingerprint density at radius 2 is 1.68 bits per heavy atom. The zero-order chi connectivity index (χ0) is 17.6. The van der Waals surface area contributed by atoms with E-state index in [1.165, 1.54) is 11.1 Å². The van der Waals surface area contributed by atoms with Crippen molar-refractivity contribution in [3.63, 3.8) is 0 Å². The largest absolute Gasteiger partial charge is 0.490 e. The number of hydrogen-bond donors (Lipinski definition) is 1. The molecule has 0 unspecified atom stereocenters. The molecule has 0 aromatic heterocycles. The molecule has 3 nitrogen and oxygen atoms in total. The van der Waals surface area contributed by atoms with Crippen molar-refractivity contribution in [1.29, 1.82) is 0 Å². The standard InChI is InChI=1S/C20H21Cl2NO2/c1-14-12-18(21)20(19(22)13-14)25-11-10-24-17-4-2-15(3-5-17)16-6-8-23-9-7-16/h2-6,12-13,23H,7-11H2,1H3. The molecule has 1 N–H and O–H groups in total. The van der Waals surface area contributed by atoms with E-state index in [4.69, 9.17) is 32.7 Å². The van der Waals surface area contributed by atoms with E-state index in [0.29, 0.717) is 29.0 Å². The van der Waals surface area contributed by atoms with Crippen LogP contribution in [0.4, 0.5) is 0 Å². The first-order chi connectivity index (χ1) is 12.1. The second kappa shape index (κ2) is 8.61. The molecule has 2 aromatic rings. The molecule has 0 aliphatic carbocycles. The zero-order valence-electron chi connectivity index (χ0n) is 14.1. The Labute approximate surface area is 158 Å². The van der Waals surface area contributed by atoms with Gasteiger partial charge in [-0.15, -0.1) is 0 Å². The summed E-state index contributed by atoms with van der Waals surface area (Å²) in [6, 6.07) is 11.8. The van der Waals surface area contributed by atoms with Gasteiger partial charge in [0.1, 0.15) is 19.0 Å². The lowest BCUT2D eigenvalue weighted by Crippen LogP contribution is -2.19. The summed E-state index contributed by atoms with van der Waals surface area (Å²) >= 11 is 12.3. The van der Waals surface area contributed by atoms with E-state index >= 15 is 0 Å². The summed E-state index contributed by atoms with van der Waals surface area (Å²) < 4.78 is 11.4. The molecular weight excluding hydrogens is 357 g/mol. The summed E-state index contributed by atoms with van der Waals surface area (Å²) in [6.07, 6.45) is 3.30. The van der Waals surface area contributed by atoms with Crippen LogP contribution in [0.25, 0.3) is 5.57 Å². The summed E-state index contributed by atoms with van der Waals surface area (Å²) in [4.78, 5) is 0. The average Bonchev–Trinajstić information content (AvgIpc) is 2.61. The van der Waals surface area contributed by atoms with E-state index in [9.17, 15) is 0 Å². The maximum atomic E-state index is 6.16. The molecule has 5 heteroatoms. The van der Waals surface area contributed by atoms with Crippen molar-refractivity contribution in [1.82, 2.24) is 5.32 Å². The second-order valence-corrected chi connectivity index (χ2v) is 6.78. The Balaban J connectivity index is 1.50. The summed E-state index contributed by atoms with van der Waals surface area (Å²) in [5, 5.41) is 4.36. The third kappa shape index (κ3) is 4.91. The quantitative estimate of drug-likeness (QED) is 0.707. The topological polar surface area (TPSA) is 30.5 Å². The zero-order valence-corrected chi connectivity index (χ0v) is 15.7. The van der Waals surface area contributed by atoms with Gasteiger partial charge in [-0.1, -0.05) is 41.4 Å². The summed E-state index contributed by atoms with van der Waals surface area (Å²) in [6.45, 7) is 4.71. The Morgan fingerprint density at radius 1 is 1.00 bits per heavy atom. The van der Waals surface area contributed by atoms with Gasteiger partial charge >= 0.3 is 0 Å². The molecule has 1 heterocycles. The number of aryl methyl sites for hydroxylation is 1. The molecule has 1 aliphatic rings. The van der Waals surface area contributed by atoms with Gasteiger partial charge in [-0.25, -0.2) is 0 Å². The molecule has 3 rings (SSSR count). The minimum Gasteiger partial charge on any atom is -0.490 e. The highest BCUT2D eigenvalue weighted by molar-refractivity contribution is 6.37. The van der Waals surface area contributed by atoms with Gasteiger partial charge in [0.05, 0.1) is 10.0 Å². The molecule has 1 aliphatic heterocycles. The fraction of sp³-hybridized carbons (Fsp3) is 0.300. The van der Waals surface area contributed by atoms with Gasteiger partial charge in [0, 0.05) is 6.54 Å². The maximum Gasteiger partial charge on any atom is 0.156 e. The lowest BCUT2D eigenvalue weighted by molar-refractivity contribution is 0.217. The molecule has 0 amide bonds. The molecule has 25 heavy (non-hydrogen) atoms. The third-order valence-electron chi connectivity index (χ3n) is 4.03. The number of benzene rings is 2. The molecule has 0 spiro atoms. The lowest BCUT2D eigenvalue weighted by Gasteiger charge is -2.15. The molecule has 0 atom stereocenters. The minimum absolute atomic E-state index is 0.376. The van der Waals surface area contributed by atoms with Crippen molar-refractivity contribution in [3.8, 4) is 11.5 Å². The van der Waals surface area contributed by atoms with Crippen LogP contribution in [0.3, 0.4) is 0 Å². The fourth-order valence-corrected chi connectivity index (χ4v) is 3.48. The van der Waals surface area contributed by atoms with Gasteiger partial charge in [-0.2, -0.15) is 0 Å². The van der Waals surface area contributed by atoms with Crippen LogP contribution in [0.2, 0.25) is 10.0 Å². The number of nitrogens with one attached hydrogen (secondary N) is 1. The Morgan fingerprint density at radius 3 is 2.32 bits per heavy atom. The first-order valence-corrected chi connectivity index (χ1v) is 9.10. The van der Waals surface area contributed by atoms with Crippen molar-refractivity contribution in [3.05, 3.63) is 63.6 Å². The first-order valence-electron chi connectivity index (χ1n) is 8.35. The Hall–Kier alpha value is -1.68. The molecule has 0 radical (unpaired) electrons. The fourth-order valence-electron chi connectivity index (χ4n) is 2.78. The predicted molar refractivity (Wildman–Crippen MR) is 104 cm³/mol. The summed E-state index contributed by atoms with van der Waals surface area (Å²) in [5.41, 5.74) is 3.64. The molecular formula is C20H21Cl2NO2. The monoisotopic (exact) mass is 377 g/mol. The molecule has 0 fully saturated rings. The minimum atomic E-state index is 0.376. The normalized spacial score (nSPS) is 14.1. The smallest absolute Gasteiger partial charge is 0.156 e. The lowest BCUT2D eigenvalue weighted by atomic mass is 10.0. The van der Waals surface area contributed by atoms with E-state index in [0.717, 1.165) is 30.8 Å². The van der Waals surface area contributed by atoms with Crippen LogP contribution >= 0.6 is 23.2 Å². The van der Waals surface area contributed by atoms with Crippen molar-refractivity contribution < 1.29 is 9.47 Å². The van der Waals surface area contributed by atoms with Crippen molar-refractivity contribution in [2.75, 3.05) is 26.3 Å². The first kappa shape index (κ1) is 18.1. The van der Waals surface area contributed by atoms with Crippen LogP contribution in [-0.4, -0.2) is 26.3 Å². The average molecular weight is 378 g/mol. The summed E-state index contributed by atoms with van der Waals surface area (Å²) in [7, 11) is 0. The maximum absolute atomic E-state index is 6.16. The van der Waals surface area contributed by atoms with E-state index in [2.05, 4.69) is 23.5 Å². The van der Waals surface area contributed by atoms with Crippen LogP contribution in [0.5, 0.6) is 11.5 Å². The Bertz CT molecular complexity index is 734. The van der Waals surface area contributed by atoms with Gasteiger partial charge in [-0.3, -0.25) is 0 Å². The predicted octanol–water partition coefficient (Wildman–Crippen LogP) is 5.14. The van der Waals surface area contributed by atoms with E-state index in [-0.39, 0.29) is 0 Å². The van der Waals surface area contributed by atoms with Crippen LogP contribution in [0, 0.1) is 6.92 Å². The van der Waals surface area contributed by atoms with Crippen LogP contribution in [0.1, 0.15) is 17.5 Å². The number of rotatable bonds is 6. The van der Waals surface area contributed by atoms with Crippen molar-refractivity contribution in [2.24, 2.45) is 0 Å². The van der Waals surface area contributed by atoms with Crippen molar-refractivity contribution >= 4 is 28.8 Å². The summed E-state index contributed by atoms with van der Waals surface area (Å²) in [5.74, 6) is 1.33. The van der Waals surface area contributed by atoms with Crippen LogP contribution in [0.15, 0.2) is 42.5 Å². The second-order valence-electron chi connectivity index (χ2n) is 5.96. The number of ether oxygens (including phenoxy) is 2. The van der Waals surface area contributed by atoms with E-state index < -0.39 is 0 Å². The molecule has 0 bridgehead atoms. The highest BCUT2D eigenvalue weighted by Gasteiger charge is 2.09. The van der Waals surface area contributed by atoms with Gasteiger partial charge in [0.25, 0.3) is 0 Å². The highest BCUT2D eigenvalue weighted by atomic mass is 35.5. The van der Waals surface area contributed by atoms with Gasteiger partial charge in [0.2, 0.25) is 0 Å². The van der Waals surface area contributed by atoms with E-state index in [1.54, 1.807) is 0 Å². The van der Waals surface area contributed by atoms with E-state index in [1.807, 2.05) is 31.2 Å². The van der Waals surface area contributed by atoms with Gasteiger partial charge in [-0.05, 0) is 60.9 Å². The number of hydrogen-bond acceptors (Lipinski definition) is 3. The third-order valence-corrected chi connectivity index (χ3v) is 4.59. The van der Waals surface area contributed by atoms with Gasteiger partial charge < -0.3 is 14.8 Å². The molecule has 132 valence electrons. The molecule has 0 saturated heterocycles. The van der Waals surface area contributed by atoms with Crippen LogP contribution < -0.4 is 14.8 Å². The molecule has 0 saturated carbocycles.